The zero-order valence-electron chi connectivity index (χ0n) is 14.6. The Labute approximate surface area is 162 Å². The van der Waals surface area contributed by atoms with E-state index in [1.807, 2.05) is 36.4 Å². The molecule has 0 spiro atoms. The summed E-state index contributed by atoms with van der Waals surface area (Å²) in [5, 5.41) is 13.6. The summed E-state index contributed by atoms with van der Waals surface area (Å²) in [6.45, 7) is 1.89. The van der Waals surface area contributed by atoms with Crippen molar-refractivity contribution in [2.75, 3.05) is 18.4 Å². The normalized spacial score (nSPS) is 16.5. The number of rotatable bonds is 6. The summed E-state index contributed by atoms with van der Waals surface area (Å²) < 4.78 is 0.947. The summed E-state index contributed by atoms with van der Waals surface area (Å²) >= 11 is 3.36. The summed E-state index contributed by atoms with van der Waals surface area (Å²) in [7, 11) is 0. The van der Waals surface area contributed by atoms with Gasteiger partial charge in [0.2, 0.25) is 0 Å². The molecule has 0 aliphatic carbocycles. The molecule has 0 aromatic heterocycles. The van der Waals surface area contributed by atoms with Gasteiger partial charge in [-0.15, -0.1) is 0 Å². The number of hydrogen-bond donors (Lipinski definition) is 2. The van der Waals surface area contributed by atoms with Crippen LogP contribution < -0.4 is 5.32 Å². The summed E-state index contributed by atoms with van der Waals surface area (Å²) in [5.74, 6) is -0.0536. The van der Waals surface area contributed by atoms with Gasteiger partial charge in [-0.05, 0) is 54.8 Å². The summed E-state index contributed by atoms with van der Waals surface area (Å²) in [6, 6.07) is 14.9. The lowest BCUT2D eigenvalue weighted by Gasteiger charge is -2.31. The van der Waals surface area contributed by atoms with E-state index < -0.39 is 6.23 Å². The van der Waals surface area contributed by atoms with E-state index in [4.69, 9.17) is 0 Å². The number of ketones is 1. The van der Waals surface area contributed by atoms with E-state index in [2.05, 4.69) is 26.1 Å². The third-order valence-corrected chi connectivity index (χ3v) is 5.09. The van der Waals surface area contributed by atoms with E-state index in [1.54, 1.807) is 18.3 Å². The largest absolute Gasteiger partial charge is 0.374 e. The molecular weight excluding hydrogens is 392 g/mol. The van der Waals surface area contributed by atoms with E-state index in [-0.39, 0.29) is 5.78 Å². The second kappa shape index (κ2) is 9.12. The molecule has 2 N–H and O–H groups in total. The number of nitrogens with zero attached hydrogens (tertiary/aromatic N) is 1. The number of carbonyl (C=O) groups is 1. The molecule has 3 rings (SSSR count). The highest BCUT2D eigenvalue weighted by Crippen LogP contribution is 2.23. The van der Waals surface area contributed by atoms with E-state index in [0.29, 0.717) is 5.56 Å². The zero-order chi connectivity index (χ0) is 18.4. The highest BCUT2D eigenvalue weighted by Gasteiger charge is 2.19. The standard InChI is InChI=1S/C21H23BrN2O2/c22-18-8-4-16(5-9-18)20(25)12-13-23-19-10-6-17(7-11-19)21(26)24-14-2-1-3-15-24/h4-13,21,23,26H,1-3,14-15H2/b13-12+. The Morgan fingerprint density at radius 3 is 2.35 bits per heavy atom. The molecule has 1 atom stereocenters. The van der Waals surface area contributed by atoms with Gasteiger partial charge in [-0.2, -0.15) is 0 Å². The molecule has 136 valence electrons. The Hall–Kier alpha value is -1.95. The van der Waals surface area contributed by atoms with Crippen molar-refractivity contribution in [2.45, 2.75) is 25.5 Å². The van der Waals surface area contributed by atoms with Crippen molar-refractivity contribution < 1.29 is 9.90 Å². The van der Waals surface area contributed by atoms with Crippen LogP contribution in [0.25, 0.3) is 0 Å². The minimum atomic E-state index is -0.543. The Balaban J connectivity index is 1.55. The van der Waals surface area contributed by atoms with Crippen LogP contribution in [0.1, 0.15) is 41.4 Å². The first kappa shape index (κ1) is 18.8. The maximum atomic E-state index is 12.1. The van der Waals surface area contributed by atoms with Crippen molar-refractivity contribution in [1.29, 1.82) is 0 Å². The molecule has 2 aromatic carbocycles. The average molecular weight is 415 g/mol. The van der Waals surface area contributed by atoms with Crippen LogP contribution in [0.5, 0.6) is 0 Å². The molecule has 26 heavy (non-hydrogen) atoms. The maximum Gasteiger partial charge on any atom is 0.187 e. The second-order valence-electron chi connectivity index (χ2n) is 6.44. The quantitative estimate of drug-likeness (QED) is 0.529. The van der Waals surface area contributed by atoms with Crippen LogP contribution in [-0.2, 0) is 0 Å². The Morgan fingerprint density at radius 2 is 1.69 bits per heavy atom. The number of likely N-dealkylation sites (tertiary alicyclic amines) is 1. The van der Waals surface area contributed by atoms with Crippen LogP contribution in [0.3, 0.4) is 0 Å². The number of carbonyl (C=O) groups excluding carboxylic acids is 1. The minimum Gasteiger partial charge on any atom is -0.374 e. The molecule has 1 fully saturated rings. The fraction of sp³-hybridized carbons (Fsp3) is 0.286. The van der Waals surface area contributed by atoms with Crippen molar-refractivity contribution in [3.8, 4) is 0 Å². The lowest BCUT2D eigenvalue weighted by molar-refractivity contribution is -0.00981. The van der Waals surface area contributed by atoms with Gasteiger partial charge in [-0.3, -0.25) is 9.69 Å². The molecule has 1 saturated heterocycles. The van der Waals surface area contributed by atoms with Crippen LogP contribution in [0.15, 0.2) is 65.3 Å². The van der Waals surface area contributed by atoms with Crippen LogP contribution in [0, 0.1) is 0 Å². The number of hydrogen-bond acceptors (Lipinski definition) is 4. The zero-order valence-corrected chi connectivity index (χ0v) is 16.2. The molecule has 1 aliphatic rings. The fourth-order valence-electron chi connectivity index (χ4n) is 3.05. The van der Waals surface area contributed by atoms with Gasteiger partial charge in [0.25, 0.3) is 0 Å². The Kier molecular flexibility index (Phi) is 6.61. The third kappa shape index (κ3) is 5.04. The molecule has 1 unspecified atom stereocenters. The molecule has 0 saturated carbocycles. The van der Waals surface area contributed by atoms with E-state index in [1.165, 1.54) is 12.5 Å². The predicted molar refractivity (Wildman–Crippen MR) is 108 cm³/mol. The highest BCUT2D eigenvalue weighted by atomic mass is 79.9. The molecule has 1 aliphatic heterocycles. The molecule has 0 amide bonds. The van der Waals surface area contributed by atoms with Gasteiger partial charge < -0.3 is 10.4 Å². The van der Waals surface area contributed by atoms with Crippen molar-refractivity contribution in [2.24, 2.45) is 0 Å². The van der Waals surface area contributed by atoms with E-state index in [9.17, 15) is 9.90 Å². The van der Waals surface area contributed by atoms with E-state index >= 15 is 0 Å². The molecule has 2 aromatic rings. The number of piperidine rings is 1. The lowest BCUT2D eigenvalue weighted by atomic mass is 10.1. The second-order valence-corrected chi connectivity index (χ2v) is 7.36. The first-order valence-electron chi connectivity index (χ1n) is 8.88. The van der Waals surface area contributed by atoms with Gasteiger partial charge in [0.05, 0.1) is 0 Å². The number of aliphatic hydroxyl groups is 1. The van der Waals surface area contributed by atoms with E-state index in [0.717, 1.165) is 41.7 Å². The van der Waals surface area contributed by atoms with Gasteiger partial charge >= 0.3 is 0 Å². The monoisotopic (exact) mass is 414 g/mol. The number of halogens is 1. The minimum absolute atomic E-state index is 0.0536. The third-order valence-electron chi connectivity index (χ3n) is 4.56. The number of benzene rings is 2. The van der Waals surface area contributed by atoms with Crippen molar-refractivity contribution in [3.05, 3.63) is 76.4 Å². The first-order valence-corrected chi connectivity index (χ1v) is 9.68. The molecule has 0 radical (unpaired) electrons. The molecule has 4 nitrogen and oxygen atoms in total. The first-order chi connectivity index (χ1) is 12.6. The van der Waals surface area contributed by atoms with Crippen molar-refractivity contribution in [3.63, 3.8) is 0 Å². The highest BCUT2D eigenvalue weighted by molar-refractivity contribution is 9.10. The fourth-order valence-corrected chi connectivity index (χ4v) is 3.31. The van der Waals surface area contributed by atoms with Crippen LogP contribution in [-0.4, -0.2) is 28.9 Å². The van der Waals surface area contributed by atoms with Gasteiger partial charge in [-0.1, -0.05) is 34.5 Å². The number of aliphatic hydroxyl groups excluding tert-OH is 1. The molecule has 0 bridgehead atoms. The maximum absolute atomic E-state index is 12.1. The number of nitrogens with one attached hydrogen (secondary N) is 1. The topological polar surface area (TPSA) is 52.6 Å². The summed E-state index contributed by atoms with van der Waals surface area (Å²) in [5.41, 5.74) is 2.41. The predicted octanol–water partition coefficient (Wildman–Crippen LogP) is 4.73. The smallest absolute Gasteiger partial charge is 0.187 e. The SMILES string of the molecule is O=C(/C=C/Nc1ccc(C(O)N2CCCCC2)cc1)c1ccc(Br)cc1. The van der Waals surface area contributed by atoms with Crippen LogP contribution >= 0.6 is 15.9 Å². The lowest BCUT2D eigenvalue weighted by Crippen LogP contribution is -2.33. The van der Waals surface area contributed by atoms with Gasteiger partial charge in [0.15, 0.2) is 5.78 Å². The average Bonchev–Trinajstić information content (AvgIpc) is 2.69. The van der Waals surface area contributed by atoms with Crippen molar-refractivity contribution in [1.82, 2.24) is 4.90 Å². The summed E-state index contributed by atoms with van der Waals surface area (Å²) in [4.78, 5) is 14.2. The van der Waals surface area contributed by atoms with Gasteiger partial charge in [0.1, 0.15) is 6.23 Å². The number of allylic oxidation sites excluding steroid dienone is 1. The Morgan fingerprint density at radius 1 is 1.04 bits per heavy atom. The van der Waals surface area contributed by atoms with Gasteiger partial charge in [-0.25, -0.2) is 0 Å². The molecule has 5 heteroatoms. The Bertz CT molecular complexity index is 751. The number of anilines is 1. The molecule has 1 heterocycles. The summed E-state index contributed by atoms with van der Waals surface area (Å²) in [6.07, 6.45) is 6.15. The van der Waals surface area contributed by atoms with Crippen LogP contribution in [0.4, 0.5) is 5.69 Å². The van der Waals surface area contributed by atoms with Crippen molar-refractivity contribution >= 4 is 27.4 Å². The van der Waals surface area contributed by atoms with Gasteiger partial charge in [0, 0.05) is 41.1 Å². The van der Waals surface area contributed by atoms with Crippen LogP contribution in [0.2, 0.25) is 0 Å². The molecular formula is C21H23BrN2O2.